The molecule has 1 aromatic heterocycles. The molecule has 1 aliphatic heterocycles. The second kappa shape index (κ2) is 10.1. The molecule has 0 spiro atoms. The van der Waals surface area contributed by atoms with E-state index in [4.69, 9.17) is 15.0 Å². The average molecular weight is 372 g/mol. The van der Waals surface area contributed by atoms with Crippen molar-refractivity contribution in [2.45, 2.75) is 39.0 Å². The normalized spacial score (nSPS) is 18.3. The lowest BCUT2D eigenvalue weighted by atomic mass is 10.2. The van der Waals surface area contributed by atoms with Gasteiger partial charge in [0, 0.05) is 32.8 Å². The predicted molar refractivity (Wildman–Crippen MR) is 97.2 cm³/mol. The summed E-state index contributed by atoms with van der Waals surface area (Å²) in [6.45, 7) is 7.96. The van der Waals surface area contributed by atoms with Gasteiger partial charge in [0.1, 0.15) is 6.10 Å². The third-order valence-corrected chi connectivity index (χ3v) is 4.90. The van der Waals surface area contributed by atoms with Crippen LogP contribution in [0.3, 0.4) is 0 Å². The zero-order valence-electron chi connectivity index (χ0n) is 15.3. The van der Waals surface area contributed by atoms with Gasteiger partial charge in [0.25, 0.3) is 0 Å². The van der Waals surface area contributed by atoms with Gasteiger partial charge in [-0.05, 0) is 32.3 Å². The number of nitrogens with two attached hydrogens (primary N) is 1. The molecule has 0 aliphatic carbocycles. The van der Waals surface area contributed by atoms with Gasteiger partial charge in [-0.1, -0.05) is 5.16 Å². The molecule has 25 heavy (non-hydrogen) atoms. The molecule has 1 saturated heterocycles. The number of aromatic nitrogens is 2. The zero-order valence-corrected chi connectivity index (χ0v) is 16.1. The largest absolute Gasteiger partial charge is 0.371 e. The fraction of sp³-hybridized carbons (Fsp3) is 0.812. The van der Waals surface area contributed by atoms with Crippen LogP contribution < -0.4 is 5.73 Å². The van der Waals surface area contributed by atoms with Crippen LogP contribution in [0.5, 0.6) is 0 Å². The summed E-state index contributed by atoms with van der Waals surface area (Å²) >= 11 is 1.71. The molecule has 9 heteroatoms. The minimum absolute atomic E-state index is 0.0549. The Morgan fingerprint density at radius 3 is 2.76 bits per heavy atom. The van der Waals surface area contributed by atoms with Crippen molar-refractivity contribution < 1.29 is 14.1 Å². The van der Waals surface area contributed by atoms with E-state index in [9.17, 15) is 4.79 Å². The fourth-order valence-corrected chi connectivity index (χ4v) is 3.23. The minimum Gasteiger partial charge on any atom is -0.371 e. The van der Waals surface area contributed by atoms with Crippen LogP contribution in [0.4, 0.5) is 0 Å². The first kappa shape index (κ1) is 20.2. The quantitative estimate of drug-likeness (QED) is 0.683. The van der Waals surface area contributed by atoms with Crippen LogP contribution in [0.1, 0.15) is 38.1 Å². The highest BCUT2D eigenvalue weighted by Crippen LogP contribution is 2.14. The summed E-state index contributed by atoms with van der Waals surface area (Å²) in [5, 5.41) is 3.97. The van der Waals surface area contributed by atoms with Crippen LogP contribution in [0.15, 0.2) is 4.52 Å². The molecular weight excluding hydrogens is 342 g/mol. The monoisotopic (exact) mass is 371 g/mol. The maximum absolute atomic E-state index is 12.3. The molecule has 2 N–H and O–H groups in total. The second-order valence-corrected chi connectivity index (χ2v) is 7.12. The van der Waals surface area contributed by atoms with E-state index in [-0.39, 0.29) is 12.0 Å². The van der Waals surface area contributed by atoms with Gasteiger partial charge < -0.3 is 19.9 Å². The highest BCUT2D eigenvalue weighted by Gasteiger charge is 2.26. The topological polar surface area (TPSA) is 97.7 Å². The molecule has 142 valence electrons. The van der Waals surface area contributed by atoms with Gasteiger partial charge >= 0.3 is 0 Å². The fourth-order valence-electron chi connectivity index (χ4n) is 2.74. The van der Waals surface area contributed by atoms with E-state index in [2.05, 4.69) is 15.0 Å². The number of thioether (sulfide) groups is 1. The summed E-state index contributed by atoms with van der Waals surface area (Å²) in [5.41, 5.74) is 5.98. The van der Waals surface area contributed by atoms with Gasteiger partial charge in [-0.3, -0.25) is 9.69 Å². The first-order chi connectivity index (χ1) is 12.0. The average Bonchev–Trinajstić information content (AvgIpc) is 3.08. The Kier molecular flexibility index (Phi) is 8.14. The lowest BCUT2D eigenvalue weighted by molar-refractivity contribution is -0.134. The standard InChI is InChI=1S/C16H29N5O3S/c1-4-23-12(2)15-18-14(24-19-15)11-20-6-8-21(9-7-20)16(22)13(17)5-10-25-3/h12-13H,4-11,17H2,1-3H3/t12?,13-/m0/s1. The molecule has 1 amide bonds. The smallest absolute Gasteiger partial charge is 0.240 e. The number of ether oxygens (including phenoxy) is 1. The van der Waals surface area contributed by atoms with Gasteiger partial charge in [-0.2, -0.15) is 16.7 Å². The first-order valence-corrected chi connectivity index (χ1v) is 10.1. The lowest BCUT2D eigenvalue weighted by Crippen LogP contribution is -2.53. The number of nitrogens with zero attached hydrogens (tertiary/aromatic N) is 4. The molecule has 1 aromatic rings. The van der Waals surface area contributed by atoms with E-state index >= 15 is 0 Å². The predicted octanol–water partition coefficient (Wildman–Crippen LogP) is 0.892. The van der Waals surface area contributed by atoms with Gasteiger partial charge in [0.2, 0.25) is 11.8 Å². The number of hydrogen-bond acceptors (Lipinski definition) is 8. The van der Waals surface area contributed by atoms with E-state index in [1.807, 2.05) is 25.0 Å². The van der Waals surface area contributed by atoms with Crippen molar-refractivity contribution in [2.24, 2.45) is 5.73 Å². The highest BCUT2D eigenvalue weighted by molar-refractivity contribution is 7.98. The summed E-state index contributed by atoms with van der Waals surface area (Å²) in [5.74, 6) is 2.12. The van der Waals surface area contributed by atoms with Crippen LogP contribution in [-0.4, -0.2) is 76.7 Å². The first-order valence-electron chi connectivity index (χ1n) is 8.74. The SMILES string of the molecule is CCOC(C)c1noc(CN2CCN(C(=O)[C@@H](N)CCSC)CC2)n1. The van der Waals surface area contributed by atoms with Crippen molar-refractivity contribution in [3.8, 4) is 0 Å². The van der Waals surface area contributed by atoms with Gasteiger partial charge in [0.15, 0.2) is 5.82 Å². The maximum atomic E-state index is 12.3. The third kappa shape index (κ3) is 5.95. The molecule has 0 bridgehead atoms. The molecule has 1 unspecified atom stereocenters. The zero-order chi connectivity index (χ0) is 18.2. The summed E-state index contributed by atoms with van der Waals surface area (Å²) in [6.07, 6.45) is 2.58. The number of amides is 1. The van der Waals surface area contributed by atoms with Crippen LogP contribution in [-0.2, 0) is 16.1 Å². The third-order valence-electron chi connectivity index (χ3n) is 4.26. The van der Waals surface area contributed by atoms with Gasteiger partial charge in [0.05, 0.1) is 12.6 Å². The molecule has 2 atom stereocenters. The molecule has 8 nitrogen and oxygen atoms in total. The van der Waals surface area contributed by atoms with Crippen molar-refractivity contribution in [1.82, 2.24) is 19.9 Å². The van der Waals surface area contributed by atoms with E-state index in [0.717, 1.165) is 25.3 Å². The number of hydrogen-bond donors (Lipinski definition) is 1. The molecule has 1 aliphatic rings. The Labute approximate surface area is 153 Å². The van der Waals surface area contributed by atoms with Crippen LogP contribution >= 0.6 is 11.8 Å². The van der Waals surface area contributed by atoms with Crippen molar-refractivity contribution in [1.29, 1.82) is 0 Å². The van der Waals surface area contributed by atoms with Gasteiger partial charge in [-0.15, -0.1) is 0 Å². The number of carbonyl (C=O) groups is 1. The van der Waals surface area contributed by atoms with Crippen molar-refractivity contribution in [3.05, 3.63) is 11.7 Å². The molecule has 2 rings (SSSR count). The summed E-state index contributed by atoms with van der Waals surface area (Å²) in [6, 6.07) is -0.391. The maximum Gasteiger partial charge on any atom is 0.240 e. The van der Waals surface area contributed by atoms with Gasteiger partial charge in [-0.25, -0.2) is 0 Å². The Balaban J connectivity index is 1.78. The molecular formula is C16H29N5O3S. The number of rotatable bonds is 9. The molecule has 0 saturated carbocycles. The Morgan fingerprint density at radius 1 is 1.40 bits per heavy atom. The van der Waals surface area contributed by atoms with E-state index < -0.39 is 6.04 Å². The second-order valence-electron chi connectivity index (χ2n) is 6.13. The van der Waals surface area contributed by atoms with Crippen molar-refractivity contribution in [3.63, 3.8) is 0 Å². The van der Waals surface area contributed by atoms with Crippen LogP contribution in [0.25, 0.3) is 0 Å². The minimum atomic E-state index is -0.391. The molecule has 0 radical (unpaired) electrons. The molecule has 2 heterocycles. The number of carbonyl (C=O) groups excluding carboxylic acids is 1. The summed E-state index contributed by atoms with van der Waals surface area (Å²) in [7, 11) is 0. The summed E-state index contributed by atoms with van der Waals surface area (Å²) < 4.78 is 10.8. The van der Waals surface area contributed by atoms with E-state index in [0.29, 0.717) is 38.0 Å². The van der Waals surface area contributed by atoms with Crippen molar-refractivity contribution in [2.75, 3.05) is 44.8 Å². The van der Waals surface area contributed by atoms with Crippen LogP contribution in [0.2, 0.25) is 0 Å². The Bertz CT molecular complexity index is 534. The Morgan fingerprint density at radius 2 is 2.12 bits per heavy atom. The molecule has 0 aromatic carbocycles. The molecule has 1 fully saturated rings. The van der Waals surface area contributed by atoms with E-state index in [1.54, 1.807) is 11.8 Å². The van der Waals surface area contributed by atoms with Crippen molar-refractivity contribution >= 4 is 17.7 Å². The summed E-state index contributed by atoms with van der Waals surface area (Å²) in [4.78, 5) is 20.8. The number of piperazine rings is 1. The Hall–Kier alpha value is -1.16. The highest BCUT2D eigenvalue weighted by atomic mass is 32.2. The lowest BCUT2D eigenvalue weighted by Gasteiger charge is -2.35. The van der Waals surface area contributed by atoms with Crippen LogP contribution in [0, 0.1) is 0 Å². The van der Waals surface area contributed by atoms with E-state index in [1.165, 1.54) is 0 Å².